The second-order valence-electron chi connectivity index (χ2n) is 5.42. The molecule has 0 aliphatic rings. The lowest BCUT2D eigenvalue weighted by Gasteiger charge is -2.11. The quantitative estimate of drug-likeness (QED) is 0.745. The van der Waals surface area contributed by atoms with Gasteiger partial charge >= 0.3 is 0 Å². The van der Waals surface area contributed by atoms with Crippen molar-refractivity contribution in [2.45, 2.75) is 18.3 Å². The van der Waals surface area contributed by atoms with E-state index in [0.717, 1.165) is 11.5 Å². The molecule has 3 aromatic rings. The zero-order valence-corrected chi connectivity index (χ0v) is 13.2. The Kier molecular flexibility index (Phi) is 5.09. The van der Waals surface area contributed by atoms with Crippen LogP contribution in [-0.4, -0.2) is 21.9 Å². The molecule has 0 radical (unpaired) electrons. The zero-order chi connectivity index (χ0) is 15.2. The Hall–Kier alpha value is -1.84. The number of pyridine rings is 1. The predicted octanol–water partition coefficient (Wildman–Crippen LogP) is 4.07. The smallest absolute Gasteiger partial charge is 0.0671 e. The van der Waals surface area contributed by atoms with Gasteiger partial charge in [-0.1, -0.05) is 48.5 Å². The van der Waals surface area contributed by atoms with Crippen LogP contribution in [0.15, 0.2) is 67.0 Å². The summed E-state index contributed by atoms with van der Waals surface area (Å²) in [5.74, 6) is 1.63. The van der Waals surface area contributed by atoms with Gasteiger partial charge in [0, 0.05) is 23.9 Å². The first-order valence-electron chi connectivity index (χ1n) is 7.43. The molecule has 0 saturated carbocycles. The number of nitrogens with zero attached hydrogens (tertiary/aromatic N) is 1. The molecule has 0 fully saturated rings. The van der Waals surface area contributed by atoms with E-state index >= 15 is 0 Å². The molecule has 1 heterocycles. The predicted molar refractivity (Wildman–Crippen MR) is 94.1 cm³/mol. The van der Waals surface area contributed by atoms with Gasteiger partial charge in [0.15, 0.2) is 0 Å². The maximum absolute atomic E-state index is 10.2. The van der Waals surface area contributed by atoms with E-state index in [2.05, 4.69) is 41.4 Å². The fourth-order valence-corrected chi connectivity index (χ4v) is 3.41. The highest BCUT2D eigenvalue weighted by atomic mass is 32.2. The molecule has 2 nitrogen and oxygen atoms in total. The van der Waals surface area contributed by atoms with Crippen molar-refractivity contribution in [3.8, 4) is 0 Å². The van der Waals surface area contributed by atoms with Crippen LogP contribution in [0.25, 0.3) is 10.8 Å². The average molecular weight is 309 g/mol. The lowest BCUT2D eigenvalue weighted by Crippen LogP contribution is -2.13. The minimum atomic E-state index is -0.317. The van der Waals surface area contributed by atoms with Crippen LogP contribution in [0.2, 0.25) is 0 Å². The zero-order valence-electron chi connectivity index (χ0n) is 12.4. The molecular weight excluding hydrogens is 290 g/mol. The Balaban J connectivity index is 1.53. The third kappa shape index (κ3) is 4.09. The maximum Gasteiger partial charge on any atom is 0.0671 e. The molecule has 2 aromatic carbocycles. The van der Waals surface area contributed by atoms with Crippen LogP contribution in [0.1, 0.15) is 11.1 Å². The monoisotopic (exact) mass is 309 g/mol. The summed E-state index contributed by atoms with van der Waals surface area (Å²) in [5, 5.41) is 12.7. The van der Waals surface area contributed by atoms with Crippen LogP contribution in [-0.2, 0) is 12.2 Å². The molecule has 22 heavy (non-hydrogen) atoms. The van der Waals surface area contributed by atoms with E-state index in [9.17, 15) is 5.11 Å². The van der Waals surface area contributed by atoms with Crippen molar-refractivity contribution >= 4 is 22.5 Å². The number of aromatic nitrogens is 1. The van der Waals surface area contributed by atoms with Gasteiger partial charge in [-0.05, 0) is 34.4 Å². The second-order valence-corrected chi connectivity index (χ2v) is 6.45. The Morgan fingerprint density at radius 2 is 1.82 bits per heavy atom. The van der Waals surface area contributed by atoms with Gasteiger partial charge in [-0.3, -0.25) is 4.98 Å². The number of aliphatic hydroxyl groups is 1. The van der Waals surface area contributed by atoms with Crippen molar-refractivity contribution in [1.29, 1.82) is 0 Å². The van der Waals surface area contributed by atoms with Gasteiger partial charge < -0.3 is 5.11 Å². The van der Waals surface area contributed by atoms with E-state index in [-0.39, 0.29) is 6.10 Å². The van der Waals surface area contributed by atoms with E-state index in [4.69, 9.17) is 0 Å². The summed E-state index contributed by atoms with van der Waals surface area (Å²) in [6.07, 6.45) is 4.04. The van der Waals surface area contributed by atoms with Gasteiger partial charge in [0.1, 0.15) is 0 Å². The molecule has 1 unspecified atom stereocenters. The number of hydrogen-bond acceptors (Lipinski definition) is 3. The molecule has 0 aliphatic heterocycles. The molecule has 1 N–H and O–H groups in total. The third-order valence-corrected chi connectivity index (χ3v) is 4.74. The molecule has 0 amide bonds. The minimum absolute atomic E-state index is 0.317. The summed E-state index contributed by atoms with van der Waals surface area (Å²) in [6, 6.07) is 18.7. The van der Waals surface area contributed by atoms with Crippen LogP contribution < -0.4 is 0 Å². The highest BCUT2D eigenvalue weighted by Crippen LogP contribution is 2.18. The number of rotatable bonds is 6. The largest absolute Gasteiger partial charge is 0.392 e. The molecular formula is C19H19NOS. The number of fused-ring (bicyclic) bond motifs is 1. The molecule has 1 atom stereocenters. The SMILES string of the molecule is OC(CSCc1cccnc1)Cc1ccc2ccccc2c1. The van der Waals surface area contributed by atoms with Crippen LogP contribution in [0, 0.1) is 0 Å². The van der Waals surface area contributed by atoms with Crippen molar-refractivity contribution in [3.05, 3.63) is 78.1 Å². The Bertz CT molecular complexity index is 730. The molecule has 3 rings (SSSR count). The fraction of sp³-hybridized carbons (Fsp3) is 0.211. The summed E-state index contributed by atoms with van der Waals surface area (Å²) in [7, 11) is 0. The summed E-state index contributed by atoms with van der Waals surface area (Å²) >= 11 is 1.75. The second kappa shape index (κ2) is 7.43. The molecule has 1 aromatic heterocycles. The van der Waals surface area contributed by atoms with Crippen LogP contribution >= 0.6 is 11.8 Å². The van der Waals surface area contributed by atoms with Gasteiger partial charge in [-0.15, -0.1) is 0 Å². The van der Waals surface area contributed by atoms with Crippen molar-refractivity contribution in [2.24, 2.45) is 0 Å². The highest BCUT2D eigenvalue weighted by Gasteiger charge is 2.07. The third-order valence-electron chi connectivity index (χ3n) is 3.59. The highest BCUT2D eigenvalue weighted by molar-refractivity contribution is 7.98. The van der Waals surface area contributed by atoms with Crippen LogP contribution in [0.5, 0.6) is 0 Å². The van der Waals surface area contributed by atoms with Crippen molar-refractivity contribution in [2.75, 3.05) is 5.75 Å². The van der Waals surface area contributed by atoms with Crippen LogP contribution in [0.4, 0.5) is 0 Å². The number of benzene rings is 2. The Labute approximate surface area is 135 Å². The van der Waals surface area contributed by atoms with Crippen molar-refractivity contribution in [3.63, 3.8) is 0 Å². The molecule has 112 valence electrons. The van der Waals surface area contributed by atoms with E-state index in [1.54, 1.807) is 18.0 Å². The molecule has 0 bridgehead atoms. The number of hydrogen-bond donors (Lipinski definition) is 1. The van der Waals surface area contributed by atoms with Gasteiger partial charge in [0.05, 0.1) is 6.10 Å². The maximum atomic E-state index is 10.2. The van der Waals surface area contributed by atoms with Gasteiger partial charge in [0.25, 0.3) is 0 Å². The summed E-state index contributed by atoms with van der Waals surface area (Å²) in [4.78, 5) is 4.10. The lowest BCUT2D eigenvalue weighted by molar-refractivity contribution is 0.200. The molecule has 0 spiro atoms. The van der Waals surface area contributed by atoms with Crippen molar-refractivity contribution < 1.29 is 5.11 Å². The van der Waals surface area contributed by atoms with Gasteiger partial charge in [-0.25, -0.2) is 0 Å². The summed E-state index contributed by atoms with van der Waals surface area (Å²) in [6.45, 7) is 0. The topological polar surface area (TPSA) is 33.1 Å². The molecule has 0 aliphatic carbocycles. The summed E-state index contributed by atoms with van der Waals surface area (Å²) in [5.41, 5.74) is 2.39. The Morgan fingerprint density at radius 1 is 0.955 bits per heavy atom. The lowest BCUT2D eigenvalue weighted by atomic mass is 10.0. The Morgan fingerprint density at radius 3 is 2.64 bits per heavy atom. The van der Waals surface area contributed by atoms with Crippen molar-refractivity contribution in [1.82, 2.24) is 4.98 Å². The molecule has 0 saturated heterocycles. The first kappa shape index (κ1) is 15.1. The minimum Gasteiger partial charge on any atom is -0.392 e. The fourth-order valence-electron chi connectivity index (χ4n) is 2.49. The summed E-state index contributed by atoms with van der Waals surface area (Å²) < 4.78 is 0. The normalized spacial score (nSPS) is 12.4. The number of aliphatic hydroxyl groups excluding tert-OH is 1. The number of thioether (sulfide) groups is 1. The standard InChI is InChI=1S/C19H19NOS/c21-19(14-22-13-16-4-3-9-20-12-16)11-15-7-8-17-5-1-2-6-18(17)10-15/h1-10,12,19,21H,11,13-14H2. The van der Waals surface area contributed by atoms with Gasteiger partial charge in [-0.2, -0.15) is 11.8 Å². The first-order valence-corrected chi connectivity index (χ1v) is 8.59. The van der Waals surface area contributed by atoms with E-state index in [1.807, 2.05) is 24.4 Å². The van der Waals surface area contributed by atoms with E-state index in [0.29, 0.717) is 6.42 Å². The van der Waals surface area contributed by atoms with Crippen LogP contribution in [0.3, 0.4) is 0 Å². The average Bonchev–Trinajstić information content (AvgIpc) is 2.56. The van der Waals surface area contributed by atoms with E-state index in [1.165, 1.54) is 21.9 Å². The van der Waals surface area contributed by atoms with E-state index < -0.39 is 0 Å². The first-order chi connectivity index (χ1) is 10.8. The van der Waals surface area contributed by atoms with Gasteiger partial charge in [0.2, 0.25) is 0 Å². The molecule has 3 heteroatoms.